The van der Waals surface area contributed by atoms with Crippen molar-refractivity contribution < 1.29 is 0 Å². The highest BCUT2D eigenvalue weighted by molar-refractivity contribution is 6.41. The van der Waals surface area contributed by atoms with Gasteiger partial charge in [-0.1, -0.05) is 60.7 Å². The second-order valence-electron chi connectivity index (χ2n) is 7.48. The summed E-state index contributed by atoms with van der Waals surface area (Å²) < 4.78 is 0. The number of amidine groups is 2. The molecule has 2 atom stereocenters. The molecule has 1 saturated heterocycles. The van der Waals surface area contributed by atoms with E-state index in [4.69, 9.17) is 9.98 Å². The molecule has 0 saturated carbocycles. The minimum Gasteiger partial charge on any atom is -0.350 e. The van der Waals surface area contributed by atoms with Crippen molar-refractivity contribution in [1.29, 1.82) is 0 Å². The number of fused-ring (bicyclic) bond motifs is 3. The van der Waals surface area contributed by atoms with Gasteiger partial charge >= 0.3 is 0 Å². The molecule has 3 aliphatic rings. The molecular weight excluding hydrogens is 320 g/mol. The standard InChI is InChI=1S/C22H24N4/c1-3-7-17(8-4-1)13-19-15-25-11-12-26-16-20(24-22(26)21(25)23-19)14-18-9-5-2-6-10-18/h1-10,19-20H,11-16H2/t19-,20-/m0/s1. The predicted molar refractivity (Wildman–Crippen MR) is 106 cm³/mol. The van der Waals surface area contributed by atoms with Crippen molar-refractivity contribution in [3.8, 4) is 0 Å². The Morgan fingerprint density at radius 3 is 1.50 bits per heavy atom. The first-order valence-corrected chi connectivity index (χ1v) is 9.59. The van der Waals surface area contributed by atoms with E-state index in [9.17, 15) is 0 Å². The zero-order valence-electron chi connectivity index (χ0n) is 15.0. The van der Waals surface area contributed by atoms with Gasteiger partial charge in [0.15, 0.2) is 11.7 Å². The van der Waals surface area contributed by atoms with E-state index in [1.165, 1.54) is 11.1 Å². The lowest BCUT2D eigenvalue weighted by atomic mass is 10.1. The molecule has 0 aliphatic carbocycles. The first-order valence-electron chi connectivity index (χ1n) is 9.59. The minimum absolute atomic E-state index is 0.350. The summed E-state index contributed by atoms with van der Waals surface area (Å²) in [7, 11) is 0. The topological polar surface area (TPSA) is 31.2 Å². The van der Waals surface area contributed by atoms with Crippen LogP contribution in [0.1, 0.15) is 11.1 Å². The highest BCUT2D eigenvalue weighted by Crippen LogP contribution is 2.24. The molecule has 0 N–H and O–H groups in total. The molecule has 4 nitrogen and oxygen atoms in total. The van der Waals surface area contributed by atoms with Crippen molar-refractivity contribution in [3.63, 3.8) is 0 Å². The zero-order chi connectivity index (χ0) is 17.3. The van der Waals surface area contributed by atoms with Gasteiger partial charge in [0, 0.05) is 26.2 Å². The van der Waals surface area contributed by atoms with Gasteiger partial charge in [-0.15, -0.1) is 0 Å². The fourth-order valence-electron chi connectivity index (χ4n) is 4.30. The first kappa shape index (κ1) is 15.6. The fraction of sp³-hybridized carbons (Fsp3) is 0.364. The van der Waals surface area contributed by atoms with Gasteiger partial charge in [0.25, 0.3) is 0 Å². The molecule has 5 rings (SSSR count). The average molecular weight is 344 g/mol. The lowest BCUT2D eigenvalue weighted by Gasteiger charge is -2.33. The number of hydrogen-bond acceptors (Lipinski definition) is 4. The smallest absolute Gasteiger partial charge is 0.167 e. The Bertz CT molecular complexity index is 756. The lowest BCUT2D eigenvalue weighted by molar-refractivity contribution is 0.329. The quantitative estimate of drug-likeness (QED) is 0.854. The molecule has 2 aromatic rings. The van der Waals surface area contributed by atoms with Crippen molar-refractivity contribution in [1.82, 2.24) is 9.80 Å². The van der Waals surface area contributed by atoms with Crippen LogP contribution in [0.5, 0.6) is 0 Å². The second kappa shape index (κ2) is 6.60. The molecule has 26 heavy (non-hydrogen) atoms. The van der Waals surface area contributed by atoms with Crippen molar-refractivity contribution in [3.05, 3.63) is 71.8 Å². The van der Waals surface area contributed by atoms with Crippen LogP contribution >= 0.6 is 0 Å². The van der Waals surface area contributed by atoms with E-state index in [0.29, 0.717) is 12.1 Å². The van der Waals surface area contributed by atoms with E-state index < -0.39 is 0 Å². The summed E-state index contributed by atoms with van der Waals surface area (Å²) >= 11 is 0. The third-order valence-corrected chi connectivity index (χ3v) is 5.54. The molecule has 0 radical (unpaired) electrons. The fourth-order valence-corrected chi connectivity index (χ4v) is 4.30. The molecule has 4 heteroatoms. The number of benzene rings is 2. The molecule has 132 valence electrons. The maximum Gasteiger partial charge on any atom is 0.167 e. The van der Waals surface area contributed by atoms with Gasteiger partial charge in [0.2, 0.25) is 0 Å². The molecule has 0 bridgehead atoms. The Labute approximate surface area is 154 Å². The van der Waals surface area contributed by atoms with Crippen LogP contribution in [-0.4, -0.2) is 59.7 Å². The molecule has 2 aromatic carbocycles. The summed E-state index contributed by atoms with van der Waals surface area (Å²) in [6.45, 7) is 4.20. The van der Waals surface area contributed by atoms with Gasteiger partial charge in [-0.05, 0) is 24.0 Å². The zero-order valence-corrected chi connectivity index (χ0v) is 15.0. The number of rotatable bonds is 4. The Morgan fingerprint density at radius 2 is 1.08 bits per heavy atom. The van der Waals surface area contributed by atoms with Gasteiger partial charge < -0.3 is 9.80 Å². The molecule has 3 heterocycles. The van der Waals surface area contributed by atoms with Crippen molar-refractivity contribution in [2.75, 3.05) is 26.2 Å². The van der Waals surface area contributed by atoms with Crippen LogP contribution in [0.4, 0.5) is 0 Å². The normalized spacial score (nSPS) is 24.2. The van der Waals surface area contributed by atoms with E-state index in [2.05, 4.69) is 70.5 Å². The van der Waals surface area contributed by atoms with E-state index in [1.807, 2.05) is 0 Å². The van der Waals surface area contributed by atoms with Gasteiger partial charge in [0.1, 0.15) is 0 Å². The number of hydrogen-bond donors (Lipinski definition) is 0. The number of nitrogens with zero attached hydrogens (tertiary/aromatic N) is 4. The summed E-state index contributed by atoms with van der Waals surface area (Å²) in [5.41, 5.74) is 2.74. The molecule has 0 unspecified atom stereocenters. The van der Waals surface area contributed by atoms with Crippen LogP contribution in [0.2, 0.25) is 0 Å². The Kier molecular flexibility index (Phi) is 3.96. The van der Waals surface area contributed by atoms with Crippen molar-refractivity contribution in [2.45, 2.75) is 24.9 Å². The highest BCUT2D eigenvalue weighted by atomic mass is 15.4. The largest absolute Gasteiger partial charge is 0.350 e. The minimum atomic E-state index is 0.350. The van der Waals surface area contributed by atoms with Crippen LogP contribution in [0.3, 0.4) is 0 Å². The summed E-state index contributed by atoms with van der Waals surface area (Å²) in [5.74, 6) is 2.26. The molecule has 1 fully saturated rings. The summed E-state index contributed by atoms with van der Waals surface area (Å²) in [6.07, 6.45) is 2.03. The third-order valence-electron chi connectivity index (χ3n) is 5.54. The van der Waals surface area contributed by atoms with Crippen molar-refractivity contribution >= 4 is 11.7 Å². The first-order chi connectivity index (χ1) is 12.8. The summed E-state index contributed by atoms with van der Waals surface area (Å²) in [6, 6.07) is 22.1. The van der Waals surface area contributed by atoms with Gasteiger partial charge in [0.05, 0.1) is 12.1 Å². The second-order valence-corrected chi connectivity index (χ2v) is 7.48. The molecule has 0 aromatic heterocycles. The van der Waals surface area contributed by atoms with Crippen LogP contribution < -0.4 is 0 Å². The van der Waals surface area contributed by atoms with E-state index in [-0.39, 0.29) is 0 Å². The summed E-state index contributed by atoms with van der Waals surface area (Å²) in [5, 5.41) is 0. The molecule has 0 spiro atoms. The monoisotopic (exact) mass is 344 g/mol. The van der Waals surface area contributed by atoms with Crippen LogP contribution in [0, 0.1) is 0 Å². The maximum absolute atomic E-state index is 5.06. The Morgan fingerprint density at radius 1 is 0.654 bits per heavy atom. The average Bonchev–Trinajstić information content (AvgIpc) is 3.26. The van der Waals surface area contributed by atoms with Crippen LogP contribution in [0.15, 0.2) is 70.6 Å². The van der Waals surface area contributed by atoms with E-state index >= 15 is 0 Å². The Balaban J connectivity index is 1.33. The SMILES string of the molecule is c1ccc(C[C@H]2CN3CCN4C[C@H](Cc5ccccc5)N=C4C3=N2)cc1. The van der Waals surface area contributed by atoms with Gasteiger partial charge in [-0.25, -0.2) is 0 Å². The van der Waals surface area contributed by atoms with E-state index in [0.717, 1.165) is 50.7 Å². The maximum atomic E-state index is 5.06. The summed E-state index contributed by atoms with van der Waals surface area (Å²) in [4.78, 5) is 15.0. The van der Waals surface area contributed by atoms with E-state index in [1.54, 1.807) is 0 Å². The number of piperazine rings is 1. The van der Waals surface area contributed by atoms with Crippen LogP contribution in [-0.2, 0) is 12.8 Å². The third kappa shape index (κ3) is 3.00. The van der Waals surface area contributed by atoms with Crippen LogP contribution in [0.25, 0.3) is 0 Å². The molecular formula is C22H24N4. The number of aliphatic imine (C=N–C) groups is 2. The molecule has 0 amide bonds. The predicted octanol–water partition coefficient (Wildman–Crippen LogP) is 2.65. The molecule has 3 aliphatic heterocycles. The van der Waals surface area contributed by atoms with Gasteiger partial charge in [-0.2, -0.15) is 0 Å². The highest BCUT2D eigenvalue weighted by Gasteiger charge is 2.38. The Hall–Kier alpha value is -2.62. The van der Waals surface area contributed by atoms with Gasteiger partial charge in [-0.3, -0.25) is 9.98 Å². The van der Waals surface area contributed by atoms with Crippen molar-refractivity contribution in [2.24, 2.45) is 9.98 Å². The lowest BCUT2D eigenvalue weighted by Crippen LogP contribution is -2.51.